The molecule has 0 bridgehead atoms. The molecule has 0 heterocycles. The normalized spacial score (nSPS) is 12.8. The van der Waals surface area contributed by atoms with Crippen molar-refractivity contribution in [3.63, 3.8) is 0 Å². The SMILES string of the molecule is CCC(C)c1ccc(COC(=O)c2ccc(C(c3ccc(C(=O)O)c(C(=O)O)c3)(C(F)(F)F)C(F)(F)F)cc2C(=O)O)cc1C. The minimum Gasteiger partial charge on any atom is -0.478 e. The Kier molecular flexibility index (Phi) is 9.70. The van der Waals surface area contributed by atoms with Crippen molar-refractivity contribution >= 4 is 23.9 Å². The molecule has 0 aromatic heterocycles. The first-order valence-electron chi connectivity index (χ1n) is 13.2. The predicted molar refractivity (Wildman–Crippen MR) is 146 cm³/mol. The number of carboxylic acids is 3. The Hall–Kier alpha value is -4.88. The summed E-state index contributed by atoms with van der Waals surface area (Å²) in [5, 5.41) is 28.2. The maximum absolute atomic E-state index is 14.6. The monoisotopic (exact) mass is 640 g/mol. The maximum atomic E-state index is 14.6. The van der Waals surface area contributed by atoms with Gasteiger partial charge in [-0.1, -0.05) is 44.2 Å². The van der Waals surface area contributed by atoms with Crippen LogP contribution in [0, 0.1) is 6.92 Å². The van der Waals surface area contributed by atoms with E-state index < -0.39 is 75.0 Å². The van der Waals surface area contributed by atoms with Gasteiger partial charge in [0, 0.05) is 0 Å². The molecule has 45 heavy (non-hydrogen) atoms. The molecule has 0 aliphatic carbocycles. The smallest absolute Gasteiger partial charge is 0.411 e. The van der Waals surface area contributed by atoms with Crippen molar-refractivity contribution in [1.29, 1.82) is 0 Å². The summed E-state index contributed by atoms with van der Waals surface area (Å²) in [7, 11) is 0. The Morgan fingerprint density at radius 1 is 0.711 bits per heavy atom. The fraction of sp³-hybridized carbons (Fsp3) is 0.290. The third-order valence-electron chi connectivity index (χ3n) is 7.51. The van der Waals surface area contributed by atoms with Gasteiger partial charge in [0.25, 0.3) is 0 Å². The quantitative estimate of drug-likeness (QED) is 0.154. The number of benzene rings is 3. The maximum Gasteiger partial charge on any atom is 0.411 e. The summed E-state index contributed by atoms with van der Waals surface area (Å²) in [6, 6.07) is 6.22. The topological polar surface area (TPSA) is 138 Å². The van der Waals surface area contributed by atoms with Gasteiger partial charge in [-0.3, -0.25) is 0 Å². The molecule has 0 aliphatic heterocycles. The number of rotatable bonds is 10. The molecule has 1 atom stereocenters. The number of aromatic carboxylic acids is 3. The van der Waals surface area contributed by atoms with E-state index in [1.807, 2.05) is 26.8 Å². The molecule has 14 heteroatoms. The van der Waals surface area contributed by atoms with Crippen LogP contribution in [0.15, 0.2) is 54.6 Å². The van der Waals surface area contributed by atoms with Crippen LogP contribution in [0.5, 0.6) is 0 Å². The van der Waals surface area contributed by atoms with Crippen LogP contribution < -0.4 is 0 Å². The van der Waals surface area contributed by atoms with E-state index in [2.05, 4.69) is 0 Å². The van der Waals surface area contributed by atoms with Gasteiger partial charge in [-0.15, -0.1) is 0 Å². The van der Waals surface area contributed by atoms with E-state index in [9.17, 15) is 60.8 Å². The largest absolute Gasteiger partial charge is 0.478 e. The van der Waals surface area contributed by atoms with Gasteiger partial charge >= 0.3 is 36.2 Å². The lowest BCUT2D eigenvalue weighted by Gasteiger charge is -2.38. The van der Waals surface area contributed by atoms with Crippen LogP contribution in [0.25, 0.3) is 0 Å². The lowest BCUT2D eigenvalue weighted by molar-refractivity contribution is -0.288. The van der Waals surface area contributed by atoms with E-state index in [1.54, 1.807) is 12.1 Å². The Morgan fingerprint density at radius 2 is 1.18 bits per heavy atom. The molecule has 0 fully saturated rings. The van der Waals surface area contributed by atoms with Gasteiger partial charge in [-0.05, 0) is 71.3 Å². The number of halogens is 6. The summed E-state index contributed by atoms with van der Waals surface area (Å²) in [5.41, 5.74) is -10.6. The van der Waals surface area contributed by atoms with Crippen LogP contribution in [-0.4, -0.2) is 51.5 Å². The molecule has 0 spiro atoms. The Labute approximate surface area is 251 Å². The molecule has 0 amide bonds. The molecule has 0 aliphatic rings. The van der Waals surface area contributed by atoms with Gasteiger partial charge < -0.3 is 20.1 Å². The molecule has 0 saturated heterocycles. The van der Waals surface area contributed by atoms with Crippen LogP contribution >= 0.6 is 0 Å². The highest BCUT2D eigenvalue weighted by atomic mass is 19.4. The summed E-state index contributed by atoms with van der Waals surface area (Å²) in [6.07, 6.45) is -11.7. The average molecular weight is 641 g/mol. The Morgan fingerprint density at radius 3 is 1.60 bits per heavy atom. The first-order valence-corrected chi connectivity index (χ1v) is 13.2. The molecule has 3 aromatic carbocycles. The van der Waals surface area contributed by atoms with E-state index in [4.69, 9.17) is 4.74 Å². The average Bonchev–Trinajstić information content (AvgIpc) is 2.94. The summed E-state index contributed by atoms with van der Waals surface area (Å²) < 4.78 is 93.0. The third-order valence-corrected chi connectivity index (χ3v) is 7.51. The standard InChI is InChI=1S/C31H26F6O8/c1-4-15(2)20-8-5-17(11-16(20)3)14-45-28(44)22-10-7-19(13-24(22)27(42)43)29(30(32,33)34,31(35,36)37)18-6-9-21(25(38)39)23(12-18)26(40)41/h5-13,15H,4,14H2,1-3H3,(H,38,39)(H,40,41)(H,42,43). The summed E-state index contributed by atoms with van der Waals surface area (Å²) in [4.78, 5) is 47.8. The van der Waals surface area contributed by atoms with E-state index >= 15 is 0 Å². The van der Waals surface area contributed by atoms with Crippen LogP contribution in [0.4, 0.5) is 26.3 Å². The van der Waals surface area contributed by atoms with E-state index in [1.165, 1.54) is 0 Å². The molecule has 3 aromatic rings. The Balaban J connectivity index is 2.17. The van der Waals surface area contributed by atoms with E-state index in [-0.39, 0.29) is 42.9 Å². The zero-order valence-electron chi connectivity index (χ0n) is 23.8. The molecule has 8 nitrogen and oxygen atoms in total. The molecule has 240 valence electrons. The van der Waals surface area contributed by atoms with Crippen LogP contribution in [0.3, 0.4) is 0 Å². The van der Waals surface area contributed by atoms with E-state index in [0.29, 0.717) is 11.6 Å². The predicted octanol–water partition coefficient (Wildman–Crippen LogP) is 7.37. The minimum atomic E-state index is -6.27. The third kappa shape index (κ3) is 6.49. The number of hydrogen-bond donors (Lipinski definition) is 3. The second-order valence-electron chi connectivity index (χ2n) is 10.3. The molecule has 0 radical (unpaired) electrons. The fourth-order valence-corrected chi connectivity index (χ4v) is 5.08. The summed E-state index contributed by atoms with van der Waals surface area (Å²) in [5.74, 6) is -7.21. The highest BCUT2D eigenvalue weighted by molar-refractivity contribution is 6.03. The van der Waals surface area contributed by atoms with Crippen molar-refractivity contribution in [1.82, 2.24) is 0 Å². The van der Waals surface area contributed by atoms with Crippen molar-refractivity contribution in [3.8, 4) is 0 Å². The number of hydrogen-bond acceptors (Lipinski definition) is 5. The highest BCUT2D eigenvalue weighted by Gasteiger charge is 2.72. The van der Waals surface area contributed by atoms with Crippen LogP contribution in [0.1, 0.15) is 95.4 Å². The first-order chi connectivity index (χ1) is 20.8. The molecule has 0 saturated carbocycles. The fourth-order valence-electron chi connectivity index (χ4n) is 5.08. The highest BCUT2D eigenvalue weighted by Crippen LogP contribution is 2.56. The number of esters is 1. The summed E-state index contributed by atoms with van der Waals surface area (Å²) >= 11 is 0. The zero-order valence-corrected chi connectivity index (χ0v) is 23.8. The molecule has 3 N–H and O–H groups in total. The van der Waals surface area contributed by atoms with Gasteiger partial charge in [-0.25, -0.2) is 19.2 Å². The number of carbonyl (C=O) groups is 4. The zero-order chi connectivity index (χ0) is 34.1. The number of carboxylic acid groups (broad SMARTS) is 3. The number of ether oxygens (including phenoxy) is 1. The lowest BCUT2D eigenvalue weighted by Crippen LogP contribution is -2.55. The molecule has 1 unspecified atom stereocenters. The number of carbonyl (C=O) groups excluding carboxylic acids is 1. The van der Waals surface area contributed by atoms with Gasteiger partial charge in [0.2, 0.25) is 5.41 Å². The molecular weight excluding hydrogens is 614 g/mol. The van der Waals surface area contributed by atoms with Crippen molar-refractivity contribution in [2.45, 2.75) is 57.5 Å². The van der Waals surface area contributed by atoms with Crippen molar-refractivity contribution in [3.05, 3.63) is 105 Å². The van der Waals surface area contributed by atoms with Gasteiger partial charge in [0.15, 0.2) is 0 Å². The van der Waals surface area contributed by atoms with Gasteiger partial charge in [0.1, 0.15) is 6.61 Å². The Bertz CT molecular complexity index is 1640. The van der Waals surface area contributed by atoms with Crippen LogP contribution in [-0.2, 0) is 16.8 Å². The second-order valence-corrected chi connectivity index (χ2v) is 10.3. The lowest BCUT2D eigenvalue weighted by atomic mass is 9.71. The second kappa shape index (κ2) is 12.6. The van der Waals surface area contributed by atoms with Gasteiger partial charge in [-0.2, -0.15) is 26.3 Å². The van der Waals surface area contributed by atoms with Crippen LogP contribution in [0.2, 0.25) is 0 Å². The molecule has 3 rings (SSSR count). The van der Waals surface area contributed by atoms with E-state index in [0.717, 1.165) is 17.5 Å². The number of alkyl halides is 6. The van der Waals surface area contributed by atoms with Crippen molar-refractivity contribution < 1.29 is 65.6 Å². The molecular formula is C31H26F6O8. The minimum absolute atomic E-state index is 0.0104. The first kappa shape index (κ1) is 34.6. The number of aryl methyl sites for hydroxylation is 1. The van der Waals surface area contributed by atoms with Gasteiger partial charge in [0.05, 0.1) is 22.3 Å². The van der Waals surface area contributed by atoms with Crippen molar-refractivity contribution in [2.24, 2.45) is 0 Å². The summed E-state index contributed by atoms with van der Waals surface area (Å²) in [6.45, 7) is 5.46. The van der Waals surface area contributed by atoms with Crippen molar-refractivity contribution in [2.75, 3.05) is 0 Å².